The third kappa shape index (κ3) is 2.67. The molecule has 1 rings (SSSR count). The summed E-state index contributed by atoms with van der Waals surface area (Å²) in [5.74, 6) is -0.724. The van der Waals surface area contributed by atoms with Crippen molar-refractivity contribution >= 4 is 10.2 Å². The molecule has 0 N–H and O–H groups in total. The Hall–Kier alpha value is -0.910. The zero-order chi connectivity index (χ0) is 8.48. The van der Waals surface area contributed by atoms with Gasteiger partial charge in [-0.3, -0.25) is 0 Å². The fraction of sp³-hybridized carbons (Fsp3) is 0.400. The van der Waals surface area contributed by atoms with Gasteiger partial charge in [0.2, 0.25) is 0 Å². The zero-order valence-electron chi connectivity index (χ0n) is 5.74. The van der Waals surface area contributed by atoms with Crippen molar-refractivity contribution in [2.24, 2.45) is 0 Å². The quantitative estimate of drug-likeness (QED) is 0.629. The van der Waals surface area contributed by atoms with Crippen LogP contribution in [-0.2, 0) is 16.0 Å². The standard InChI is InChI=1S/C5H6FNO3S/c1-4-2-5(10-7-4)3-11(6,8)9/h2H,3H2,1H3. The SMILES string of the molecule is Cc1cc(CS(=O)(=O)F)on1. The second-order valence-electron chi connectivity index (χ2n) is 2.12. The molecule has 0 saturated heterocycles. The molecule has 6 heteroatoms. The highest BCUT2D eigenvalue weighted by Gasteiger charge is 2.12. The summed E-state index contributed by atoms with van der Waals surface area (Å²) >= 11 is 0. The Balaban J connectivity index is 2.81. The van der Waals surface area contributed by atoms with Crippen molar-refractivity contribution in [3.05, 3.63) is 17.5 Å². The maximum Gasteiger partial charge on any atom is 0.309 e. The Morgan fingerprint density at radius 1 is 1.73 bits per heavy atom. The Kier molecular flexibility index (Phi) is 1.95. The minimum absolute atomic E-state index is 0.0185. The zero-order valence-corrected chi connectivity index (χ0v) is 6.56. The minimum atomic E-state index is -4.50. The molecule has 0 bridgehead atoms. The Bertz CT molecular complexity index is 342. The third-order valence-electron chi connectivity index (χ3n) is 0.991. The minimum Gasteiger partial charge on any atom is -0.360 e. The topological polar surface area (TPSA) is 60.2 Å². The number of nitrogens with zero attached hydrogens (tertiary/aromatic N) is 1. The van der Waals surface area contributed by atoms with Gasteiger partial charge in [0.05, 0.1) is 5.69 Å². The summed E-state index contributed by atoms with van der Waals surface area (Å²) in [6.45, 7) is 1.62. The normalized spacial score (nSPS) is 11.8. The molecule has 0 amide bonds. The molecule has 0 aliphatic rings. The molecule has 1 aromatic rings. The number of hydrogen-bond acceptors (Lipinski definition) is 4. The van der Waals surface area contributed by atoms with Crippen molar-refractivity contribution in [2.75, 3.05) is 0 Å². The monoisotopic (exact) mass is 179 g/mol. The lowest BCUT2D eigenvalue weighted by Crippen LogP contribution is -1.93. The van der Waals surface area contributed by atoms with Crippen LogP contribution in [0, 0.1) is 6.92 Å². The Morgan fingerprint density at radius 2 is 2.36 bits per heavy atom. The molecular weight excluding hydrogens is 173 g/mol. The van der Waals surface area contributed by atoms with E-state index in [1.54, 1.807) is 6.92 Å². The van der Waals surface area contributed by atoms with Crippen LogP contribution in [0.4, 0.5) is 3.89 Å². The van der Waals surface area contributed by atoms with E-state index in [9.17, 15) is 12.3 Å². The molecule has 0 aliphatic heterocycles. The lowest BCUT2D eigenvalue weighted by atomic mass is 10.4. The van der Waals surface area contributed by atoms with Gasteiger partial charge in [-0.15, -0.1) is 3.89 Å². The van der Waals surface area contributed by atoms with Gasteiger partial charge in [0, 0.05) is 6.07 Å². The maximum atomic E-state index is 12.0. The summed E-state index contributed by atoms with van der Waals surface area (Å²) in [6.07, 6.45) is 0. The number of halogens is 1. The fourth-order valence-electron chi connectivity index (χ4n) is 0.654. The highest BCUT2D eigenvalue weighted by molar-refractivity contribution is 7.85. The van der Waals surface area contributed by atoms with E-state index in [2.05, 4.69) is 9.68 Å². The molecule has 0 spiro atoms. The molecule has 0 radical (unpaired) electrons. The number of rotatable bonds is 2. The van der Waals surface area contributed by atoms with Crippen LogP contribution < -0.4 is 0 Å². The first-order valence-electron chi connectivity index (χ1n) is 2.82. The number of hydrogen-bond donors (Lipinski definition) is 0. The second kappa shape index (κ2) is 2.61. The molecule has 0 atom stereocenters. The van der Waals surface area contributed by atoms with Crippen LogP contribution >= 0.6 is 0 Å². The third-order valence-corrected chi connectivity index (χ3v) is 1.62. The highest BCUT2D eigenvalue weighted by Crippen LogP contribution is 2.07. The van der Waals surface area contributed by atoms with E-state index >= 15 is 0 Å². The maximum absolute atomic E-state index is 12.0. The molecule has 11 heavy (non-hydrogen) atoms. The van der Waals surface area contributed by atoms with Crippen molar-refractivity contribution in [1.82, 2.24) is 5.16 Å². The lowest BCUT2D eigenvalue weighted by molar-refractivity contribution is 0.387. The van der Waals surface area contributed by atoms with Gasteiger partial charge < -0.3 is 4.52 Å². The van der Waals surface area contributed by atoms with Crippen LogP contribution in [0.15, 0.2) is 10.6 Å². The van der Waals surface area contributed by atoms with E-state index in [-0.39, 0.29) is 5.76 Å². The van der Waals surface area contributed by atoms with Gasteiger partial charge in [0.1, 0.15) is 5.75 Å². The summed E-state index contributed by atoms with van der Waals surface area (Å²) in [4.78, 5) is 0. The van der Waals surface area contributed by atoms with Crippen LogP contribution in [0.1, 0.15) is 11.5 Å². The van der Waals surface area contributed by atoms with E-state index < -0.39 is 16.0 Å². The van der Waals surface area contributed by atoms with Gasteiger partial charge in [-0.05, 0) is 6.92 Å². The smallest absolute Gasteiger partial charge is 0.309 e. The largest absolute Gasteiger partial charge is 0.360 e. The summed E-state index contributed by atoms with van der Waals surface area (Å²) in [5, 5.41) is 3.39. The first-order chi connectivity index (χ1) is 4.97. The van der Waals surface area contributed by atoms with Crippen LogP contribution in [0.25, 0.3) is 0 Å². The number of aryl methyl sites for hydroxylation is 1. The molecule has 1 aromatic heterocycles. The molecule has 1 heterocycles. The van der Waals surface area contributed by atoms with E-state index in [0.29, 0.717) is 5.69 Å². The predicted octanol–water partition coefficient (Wildman–Crippen LogP) is 0.782. The summed E-state index contributed by atoms with van der Waals surface area (Å²) in [6, 6.07) is 1.37. The van der Waals surface area contributed by atoms with Gasteiger partial charge >= 0.3 is 10.2 Å². The van der Waals surface area contributed by atoms with Crippen molar-refractivity contribution in [3.8, 4) is 0 Å². The van der Waals surface area contributed by atoms with Crippen molar-refractivity contribution < 1.29 is 16.8 Å². The molecule has 4 nitrogen and oxygen atoms in total. The lowest BCUT2D eigenvalue weighted by Gasteiger charge is -1.85. The number of aromatic nitrogens is 1. The molecule has 0 aromatic carbocycles. The van der Waals surface area contributed by atoms with Crippen LogP contribution in [0.5, 0.6) is 0 Å². The van der Waals surface area contributed by atoms with Crippen molar-refractivity contribution in [3.63, 3.8) is 0 Å². The van der Waals surface area contributed by atoms with Gasteiger partial charge in [0.15, 0.2) is 5.76 Å². The fourth-order valence-corrected chi connectivity index (χ4v) is 1.13. The summed E-state index contributed by atoms with van der Waals surface area (Å²) in [5.41, 5.74) is 0.531. The molecule has 0 unspecified atom stereocenters. The highest BCUT2D eigenvalue weighted by atomic mass is 32.3. The van der Waals surface area contributed by atoms with Gasteiger partial charge in [0.25, 0.3) is 0 Å². The Morgan fingerprint density at radius 3 is 2.73 bits per heavy atom. The Labute approximate surface area is 63.2 Å². The second-order valence-corrected chi connectivity index (χ2v) is 3.48. The van der Waals surface area contributed by atoms with E-state index in [1.165, 1.54) is 6.07 Å². The van der Waals surface area contributed by atoms with E-state index in [1.807, 2.05) is 0 Å². The van der Waals surface area contributed by atoms with Crippen LogP contribution in [0.3, 0.4) is 0 Å². The van der Waals surface area contributed by atoms with Crippen LogP contribution in [0.2, 0.25) is 0 Å². The van der Waals surface area contributed by atoms with Gasteiger partial charge in [-0.2, -0.15) is 8.42 Å². The molecule has 62 valence electrons. The van der Waals surface area contributed by atoms with Gasteiger partial charge in [-0.25, -0.2) is 0 Å². The average molecular weight is 179 g/mol. The average Bonchev–Trinajstić information content (AvgIpc) is 2.10. The first kappa shape index (κ1) is 8.19. The summed E-state index contributed by atoms with van der Waals surface area (Å²) in [7, 11) is -4.50. The van der Waals surface area contributed by atoms with Gasteiger partial charge in [-0.1, -0.05) is 5.16 Å². The molecular formula is C5H6FNO3S. The molecule has 0 fully saturated rings. The van der Waals surface area contributed by atoms with Crippen LogP contribution in [-0.4, -0.2) is 13.6 Å². The predicted molar refractivity (Wildman–Crippen MR) is 35.0 cm³/mol. The van der Waals surface area contributed by atoms with Crippen molar-refractivity contribution in [1.29, 1.82) is 0 Å². The van der Waals surface area contributed by atoms with Crippen molar-refractivity contribution in [2.45, 2.75) is 12.7 Å². The first-order valence-corrected chi connectivity index (χ1v) is 4.37. The molecule has 0 aliphatic carbocycles. The van der Waals surface area contributed by atoms with E-state index in [0.717, 1.165) is 0 Å². The molecule has 0 saturated carbocycles. The summed E-state index contributed by atoms with van der Waals surface area (Å²) < 4.78 is 36.6. The van der Waals surface area contributed by atoms with E-state index in [4.69, 9.17) is 0 Å².